The Morgan fingerprint density at radius 2 is 2.00 bits per heavy atom. The summed E-state index contributed by atoms with van der Waals surface area (Å²) in [5, 5.41) is 0. The maximum absolute atomic E-state index is 13.2. The van der Waals surface area contributed by atoms with E-state index in [1.165, 1.54) is 0 Å². The molecule has 0 bridgehead atoms. The Labute approximate surface area is 85.9 Å². The van der Waals surface area contributed by atoms with E-state index < -0.39 is 23.8 Å². The van der Waals surface area contributed by atoms with Crippen molar-refractivity contribution in [3.05, 3.63) is 11.4 Å². The number of rotatable bonds is 2. The zero-order valence-electron chi connectivity index (χ0n) is 8.66. The third kappa shape index (κ3) is 2.79. The van der Waals surface area contributed by atoms with Gasteiger partial charge < -0.3 is 0 Å². The Hall–Kier alpha value is -0.870. The highest BCUT2D eigenvalue weighted by Gasteiger charge is 2.40. The van der Waals surface area contributed by atoms with Gasteiger partial charge in [-0.15, -0.1) is 0 Å². The van der Waals surface area contributed by atoms with Crippen molar-refractivity contribution in [1.82, 2.24) is 0 Å². The molecule has 1 aliphatic heterocycles. The number of aliphatic imine (C=N–C) groups is 1. The van der Waals surface area contributed by atoms with Crippen molar-refractivity contribution in [3.63, 3.8) is 0 Å². The summed E-state index contributed by atoms with van der Waals surface area (Å²) >= 11 is 0. The predicted molar refractivity (Wildman–Crippen MR) is 50.6 cm³/mol. The molecule has 1 rings (SSSR count). The average molecular weight is 223 g/mol. The van der Waals surface area contributed by atoms with Crippen LogP contribution in [0.2, 0.25) is 0 Å². The van der Waals surface area contributed by atoms with Crippen LogP contribution in [0.1, 0.15) is 33.1 Å². The van der Waals surface area contributed by atoms with Crippen LogP contribution in [0.4, 0.5) is 17.6 Å². The van der Waals surface area contributed by atoms with Crippen LogP contribution in [0.25, 0.3) is 0 Å². The molecule has 0 saturated carbocycles. The van der Waals surface area contributed by atoms with Gasteiger partial charge in [-0.2, -0.15) is 13.2 Å². The third-order valence-electron chi connectivity index (χ3n) is 2.38. The van der Waals surface area contributed by atoms with E-state index in [4.69, 9.17) is 0 Å². The molecule has 1 unspecified atom stereocenters. The van der Waals surface area contributed by atoms with Gasteiger partial charge in [0.05, 0.1) is 6.04 Å². The number of hydrogen-bond acceptors (Lipinski definition) is 1. The molecule has 1 nitrogen and oxygen atoms in total. The van der Waals surface area contributed by atoms with Gasteiger partial charge in [0.15, 0.2) is 0 Å². The minimum absolute atomic E-state index is 0.000741. The van der Waals surface area contributed by atoms with Gasteiger partial charge in [0.25, 0.3) is 0 Å². The summed E-state index contributed by atoms with van der Waals surface area (Å²) in [6.45, 7) is 2.97. The molecule has 1 heterocycles. The first-order valence-electron chi connectivity index (χ1n) is 4.86. The summed E-state index contributed by atoms with van der Waals surface area (Å²) in [7, 11) is 0. The van der Waals surface area contributed by atoms with Crippen LogP contribution in [0.3, 0.4) is 0 Å². The van der Waals surface area contributed by atoms with Crippen LogP contribution < -0.4 is 0 Å². The first kappa shape index (κ1) is 12.2. The summed E-state index contributed by atoms with van der Waals surface area (Å²) in [6, 6.07) is -0.560. The summed E-state index contributed by atoms with van der Waals surface area (Å²) in [5.74, 6) is -0.684. The topological polar surface area (TPSA) is 12.4 Å². The molecule has 0 spiro atoms. The molecule has 5 heteroatoms. The summed E-state index contributed by atoms with van der Waals surface area (Å²) in [6.07, 6.45) is -3.36. The maximum atomic E-state index is 13.2. The van der Waals surface area contributed by atoms with Crippen molar-refractivity contribution in [2.75, 3.05) is 0 Å². The molecule has 1 atom stereocenters. The first-order valence-corrected chi connectivity index (χ1v) is 4.86. The number of dihydropyridines is 1. The minimum Gasteiger partial charge on any atom is -0.276 e. The number of halogens is 4. The second-order valence-corrected chi connectivity index (χ2v) is 3.65. The van der Waals surface area contributed by atoms with Gasteiger partial charge in [-0.25, -0.2) is 4.39 Å². The highest BCUT2D eigenvalue weighted by atomic mass is 19.4. The molecule has 0 aromatic heterocycles. The fourth-order valence-corrected chi connectivity index (χ4v) is 1.60. The zero-order valence-corrected chi connectivity index (χ0v) is 8.66. The van der Waals surface area contributed by atoms with Crippen LogP contribution >= 0.6 is 0 Å². The molecule has 0 N–H and O–H groups in total. The van der Waals surface area contributed by atoms with E-state index in [9.17, 15) is 17.6 Å². The van der Waals surface area contributed by atoms with Crippen molar-refractivity contribution in [3.8, 4) is 0 Å². The highest BCUT2D eigenvalue weighted by molar-refractivity contribution is 6.04. The van der Waals surface area contributed by atoms with Gasteiger partial charge in [0.2, 0.25) is 0 Å². The Morgan fingerprint density at radius 1 is 1.40 bits per heavy atom. The molecule has 0 radical (unpaired) electrons. The van der Waals surface area contributed by atoms with E-state index >= 15 is 0 Å². The first-order chi connectivity index (χ1) is 6.86. The Morgan fingerprint density at radius 3 is 2.47 bits per heavy atom. The summed E-state index contributed by atoms with van der Waals surface area (Å²) < 4.78 is 50.6. The molecule has 1 aliphatic rings. The van der Waals surface area contributed by atoms with Gasteiger partial charge in [-0.05, 0) is 13.3 Å². The lowest BCUT2D eigenvalue weighted by Gasteiger charge is -2.22. The molecular weight excluding hydrogens is 210 g/mol. The lowest BCUT2D eigenvalue weighted by molar-refractivity contribution is -0.0590. The molecular formula is C10H13F4N. The molecule has 0 aliphatic carbocycles. The summed E-state index contributed by atoms with van der Waals surface area (Å²) in [5.41, 5.74) is -1.42. The van der Waals surface area contributed by atoms with Crippen molar-refractivity contribution in [1.29, 1.82) is 0 Å². The van der Waals surface area contributed by atoms with E-state index in [0.29, 0.717) is 12.8 Å². The van der Waals surface area contributed by atoms with Crippen molar-refractivity contribution in [2.24, 2.45) is 4.99 Å². The quantitative estimate of drug-likeness (QED) is 0.631. The average Bonchev–Trinajstić information content (AvgIpc) is 2.09. The Balaban J connectivity index is 2.98. The van der Waals surface area contributed by atoms with Crippen LogP contribution in [-0.4, -0.2) is 17.9 Å². The number of alkyl halides is 3. The normalized spacial score (nSPS) is 23.1. The monoisotopic (exact) mass is 223 g/mol. The van der Waals surface area contributed by atoms with Gasteiger partial charge in [0, 0.05) is 12.0 Å². The number of hydrogen-bond donors (Lipinski definition) is 0. The lowest BCUT2D eigenvalue weighted by atomic mass is 9.99. The zero-order chi connectivity index (χ0) is 11.6. The third-order valence-corrected chi connectivity index (χ3v) is 2.38. The molecule has 0 aromatic carbocycles. The summed E-state index contributed by atoms with van der Waals surface area (Å²) in [4.78, 5) is 3.57. The fraction of sp³-hybridized carbons (Fsp3) is 0.700. The Bertz CT molecular complexity index is 301. The van der Waals surface area contributed by atoms with Gasteiger partial charge in [-0.3, -0.25) is 4.99 Å². The predicted octanol–water partition coefficient (Wildman–Crippen LogP) is 3.81. The standard InChI is InChI=1S/C10H13F4N/c1-3-4-7-5-8(11)6(2)9(15-7)10(12,13)14/h7H,3-5H2,1-2H3. The van der Waals surface area contributed by atoms with Crippen molar-refractivity contribution < 1.29 is 17.6 Å². The molecule has 86 valence electrons. The van der Waals surface area contributed by atoms with E-state index in [1.807, 2.05) is 6.92 Å². The van der Waals surface area contributed by atoms with Gasteiger partial charge in [0.1, 0.15) is 11.5 Å². The SMILES string of the molecule is CCCC1CC(F)=C(C)C(C(F)(F)F)=N1. The molecule has 15 heavy (non-hydrogen) atoms. The molecule has 0 fully saturated rings. The largest absolute Gasteiger partial charge is 0.433 e. The Kier molecular flexibility index (Phi) is 3.52. The number of allylic oxidation sites excluding steroid dienone is 1. The smallest absolute Gasteiger partial charge is 0.276 e. The van der Waals surface area contributed by atoms with Crippen LogP contribution in [-0.2, 0) is 0 Å². The van der Waals surface area contributed by atoms with Crippen molar-refractivity contribution in [2.45, 2.75) is 45.3 Å². The lowest BCUT2D eigenvalue weighted by Crippen LogP contribution is -2.29. The van der Waals surface area contributed by atoms with Crippen molar-refractivity contribution >= 4 is 5.71 Å². The molecule has 0 saturated heterocycles. The number of nitrogens with zero attached hydrogens (tertiary/aromatic N) is 1. The van der Waals surface area contributed by atoms with E-state index in [-0.39, 0.29) is 12.0 Å². The van der Waals surface area contributed by atoms with E-state index in [1.54, 1.807) is 0 Å². The second kappa shape index (κ2) is 4.33. The van der Waals surface area contributed by atoms with E-state index in [2.05, 4.69) is 4.99 Å². The van der Waals surface area contributed by atoms with Gasteiger partial charge >= 0.3 is 6.18 Å². The molecule has 0 amide bonds. The van der Waals surface area contributed by atoms with Crippen LogP contribution in [0.15, 0.2) is 16.4 Å². The van der Waals surface area contributed by atoms with E-state index in [0.717, 1.165) is 6.92 Å². The fourth-order valence-electron chi connectivity index (χ4n) is 1.60. The van der Waals surface area contributed by atoms with Gasteiger partial charge in [-0.1, -0.05) is 13.3 Å². The van der Waals surface area contributed by atoms with Crippen LogP contribution in [0, 0.1) is 0 Å². The highest BCUT2D eigenvalue weighted by Crippen LogP contribution is 2.31. The maximum Gasteiger partial charge on any atom is 0.433 e. The molecule has 0 aromatic rings. The second-order valence-electron chi connectivity index (χ2n) is 3.65. The van der Waals surface area contributed by atoms with Crippen LogP contribution in [0.5, 0.6) is 0 Å². The minimum atomic E-state index is -4.55.